The maximum absolute atomic E-state index is 12.4. The monoisotopic (exact) mass is 491 g/mol. The second-order valence-electron chi connectivity index (χ2n) is 5.10. The van der Waals surface area contributed by atoms with Gasteiger partial charge in [0.25, 0.3) is 5.91 Å². The van der Waals surface area contributed by atoms with Crippen LogP contribution in [-0.2, 0) is 9.53 Å². The number of hydrogen-bond acceptors (Lipinski definition) is 4. The number of carbonyl (C=O) groups is 2. The number of para-hydroxylation sites is 1. The Hall–Kier alpha value is -2.00. The van der Waals surface area contributed by atoms with Crippen molar-refractivity contribution in [3.63, 3.8) is 0 Å². The average molecular weight is 493 g/mol. The van der Waals surface area contributed by atoms with E-state index in [2.05, 4.69) is 41.9 Å². The number of carbonyl (C=O) groups excluding carboxylic acids is 2. The molecule has 0 aliphatic rings. The standard InChI is InChI=1S/C17H13Br2F2NO4/c1-9-6-11(18)15(12(19)7-9)22-14(23)8-25-16(24)10-4-2-3-5-13(10)26-17(20)21/h2-7,17H,8H2,1H3,(H,22,23). The van der Waals surface area contributed by atoms with E-state index in [0.29, 0.717) is 14.6 Å². The van der Waals surface area contributed by atoms with E-state index in [1.807, 2.05) is 19.1 Å². The Morgan fingerprint density at radius 2 is 1.77 bits per heavy atom. The number of nitrogens with one attached hydrogen (secondary N) is 1. The summed E-state index contributed by atoms with van der Waals surface area (Å²) in [5.41, 5.74) is 1.26. The molecule has 1 N–H and O–H groups in total. The third kappa shape index (κ3) is 5.50. The summed E-state index contributed by atoms with van der Waals surface area (Å²) in [7, 11) is 0. The second-order valence-corrected chi connectivity index (χ2v) is 6.81. The van der Waals surface area contributed by atoms with Crippen LogP contribution in [0.4, 0.5) is 14.5 Å². The lowest BCUT2D eigenvalue weighted by Crippen LogP contribution is -2.22. The van der Waals surface area contributed by atoms with Crippen LogP contribution in [0, 0.1) is 6.92 Å². The molecule has 0 spiro atoms. The van der Waals surface area contributed by atoms with Crippen LogP contribution in [-0.4, -0.2) is 25.1 Å². The minimum atomic E-state index is -3.08. The van der Waals surface area contributed by atoms with Crippen molar-refractivity contribution in [2.24, 2.45) is 0 Å². The van der Waals surface area contributed by atoms with E-state index >= 15 is 0 Å². The van der Waals surface area contributed by atoms with Gasteiger partial charge < -0.3 is 14.8 Å². The Morgan fingerprint density at radius 1 is 1.15 bits per heavy atom. The molecule has 0 aliphatic heterocycles. The fourth-order valence-electron chi connectivity index (χ4n) is 2.04. The van der Waals surface area contributed by atoms with Gasteiger partial charge >= 0.3 is 12.6 Å². The molecular formula is C17H13Br2F2NO4. The summed E-state index contributed by atoms with van der Waals surface area (Å²) in [5.74, 6) is -1.86. The molecule has 26 heavy (non-hydrogen) atoms. The minimum absolute atomic E-state index is 0.196. The normalized spacial score (nSPS) is 10.5. The van der Waals surface area contributed by atoms with E-state index in [1.165, 1.54) is 24.3 Å². The molecule has 5 nitrogen and oxygen atoms in total. The van der Waals surface area contributed by atoms with Crippen molar-refractivity contribution in [3.8, 4) is 5.75 Å². The maximum atomic E-state index is 12.4. The summed E-state index contributed by atoms with van der Waals surface area (Å²) in [4.78, 5) is 24.1. The van der Waals surface area contributed by atoms with E-state index in [1.54, 1.807) is 0 Å². The quantitative estimate of drug-likeness (QED) is 0.581. The fraction of sp³-hybridized carbons (Fsp3) is 0.176. The number of rotatable bonds is 6. The van der Waals surface area contributed by atoms with Crippen molar-refractivity contribution >= 4 is 49.4 Å². The third-order valence-electron chi connectivity index (χ3n) is 3.11. The van der Waals surface area contributed by atoms with E-state index < -0.39 is 25.1 Å². The molecule has 0 aliphatic carbocycles. The maximum Gasteiger partial charge on any atom is 0.387 e. The molecular weight excluding hydrogens is 480 g/mol. The van der Waals surface area contributed by atoms with Gasteiger partial charge in [-0.15, -0.1) is 0 Å². The number of esters is 1. The van der Waals surface area contributed by atoms with Gasteiger partial charge in [-0.2, -0.15) is 8.78 Å². The number of halogens is 4. The van der Waals surface area contributed by atoms with Gasteiger partial charge in [-0.25, -0.2) is 4.79 Å². The molecule has 2 aromatic rings. The van der Waals surface area contributed by atoms with Gasteiger partial charge in [0.2, 0.25) is 0 Å². The second kappa shape index (κ2) is 9.09. The average Bonchev–Trinajstić information content (AvgIpc) is 2.56. The minimum Gasteiger partial charge on any atom is -0.452 e. The molecule has 0 saturated heterocycles. The topological polar surface area (TPSA) is 64.6 Å². The Morgan fingerprint density at radius 3 is 2.38 bits per heavy atom. The first-order valence-corrected chi connectivity index (χ1v) is 8.83. The van der Waals surface area contributed by atoms with Crippen molar-refractivity contribution in [2.75, 3.05) is 11.9 Å². The highest BCUT2D eigenvalue weighted by molar-refractivity contribution is 9.11. The van der Waals surface area contributed by atoms with Crippen LogP contribution in [0.15, 0.2) is 45.3 Å². The molecule has 0 fully saturated rings. The Kier molecular flexibility index (Phi) is 7.10. The van der Waals surface area contributed by atoms with Crippen molar-refractivity contribution < 1.29 is 27.8 Å². The van der Waals surface area contributed by atoms with Gasteiger partial charge in [0.1, 0.15) is 11.3 Å². The molecule has 0 saturated carbocycles. The van der Waals surface area contributed by atoms with E-state index in [4.69, 9.17) is 4.74 Å². The number of alkyl halides is 2. The highest BCUT2D eigenvalue weighted by atomic mass is 79.9. The predicted molar refractivity (Wildman–Crippen MR) is 98.6 cm³/mol. The highest BCUT2D eigenvalue weighted by Crippen LogP contribution is 2.32. The van der Waals surface area contributed by atoms with E-state index in [9.17, 15) is 18.4 Å². The van der Waals surface area contributed by atoms with Crippen molar-refractivity contribution in [2.45, 2.75) is 13.5 Å². The molecule has 0 unspecified atom stereocenters. The molecule has 138 valence electrons. The molecule has 0 atom stereocenters. The van der Waals surface area contributed by atoms with E-state index in [-0.39, 0.29) is 11.3 Å². The summed E-state index contributed by atoms with van der Waals surface area (Å²) >= 11 is 6.67. The third-order valence-corrected chi connectivity index (χ3v) is 4.36. The molecule has 2 rings (SSSR count). The van der Waals surface area contributed by atoms with Gasteiger partial charge in [0, 0.05) is 8.95 Å². The smallest absolute Gasteiger partial charge is 0.387 e. The zero-order chi connectivity index (χ0) is 19.3. The molecule has 0 aromatic heterocycles. The Labute approximate surface area is 164 Å². The fourth-order valence-corrected chi connectivity index (χ4v) is 3.65. The number of aryl methyl sites for hydroxylation is 1. The molecule has 2 aromatic carbocycles. The summed E-state index contributed by atoms with van der Waals surface area (Å²) in [6, 6.07) is 9.01. The lowest BCUT2D eigenvalue weighted by molar-refractivity contribution is -0.119. The van der Waals surface area contributed by atoms with Crippen LogP contribution in [0.1, 0.15) is 15.9 Å². The summed E-state index contributed by atoms with van der Waals surface area (Å²) < 4.78 is 35.2. The van der Waals surface area contributed by atoms with Gasteiger partial charge in [0.05, 0.1) is 5.69 Å². The van der Waals surface area contributed by atoms with Crippen LogP contribution in [0.2, 0.25) is 0 Å². The lowest BCUT2D eigenvalue weighted by atomic mass is 10.2. The number of benzene rings is 2. The highest BCUT2D eigenvalue weighted by Gasteiger charge is 2.18. The molecule has 0 radical (unpaired) electrons. The number of ether oxygens (including phenoxy) is 2. The predicted octanol–water partition coefficient (Wildman–Crippen LogP) is 4.92. The number of hydrogen-bond donors (Lipinski definition) is 1. The largest absolute Gasteiger partial charge is 0.452 e. The Balaban J connectivity index is 2.01. The van der Waals surface area contributed by atoms with Crippen LogP contribution >= 0.6 is 31.9 Å². The van der Waals surface area contributed by atoms with Crippen LogP contribution in [0.5, 0.6) is 5.75 Å². The van der Waals surface area contributed by atoms with Gasteiger partial charge in [-0.1, -0.05) is 12.1 Å². The van der Waals surface area contributed by atoms with Crippen molar-refractivity contribution in [1.29, 1.82) is 0 Å². The Bertz CT molecular complexity index is 807. The summed E-state index contributed by atoms with van der Waals surface area (Å²) in [5, 5.41) is 2.60. The zero-order valence-electron chi connectivity index (χ0n) is 13.4. The van der Waals surface area contributed by atoms with Crippen molar-refractivity contribution in [3.05, 3.63) is 56.5 Å². The number of anilines is 1. The van der Waals surface area contributed by atoms with Gasteiger partial charge in [0.15, 0.2) is 6.61 Å². The zero-order valence-corrected chi connectivity index (χ0v) is 16.6. The first-order valence-electron chi connectivity index (χ1n) is 7.24. The van der Waals surface area contributed by atoms with Crippen LogP contribution in [0.25, 0.3) is 0 Å². The van der Waals surface area contributed by atoms with Gasteiger partial charge in [-0.05, 0) is 68.6 Å². The number of amides is 1. The molecule has 0 heterocycles. The summed E-state index contributed by atoms with van der Waals surface area (Å²) in [6.07, 6.45) is 0. The molecule has 0 bridgehead atoms. The SMILES string of the molecule is Cc1cc(Br)c(NC(=O)COC(=O)c2ccccc2OC(F)F)c(Br)c1. The van der Waals surface area contributed by atoms with Gasteiger partial charge in [-0.3, -0.25) is 4.79 Å². The lowest BCUT2D eigenvalue weighted by Gasteiger charge is -2.12. The van der Waals surface area contributed by atoms with Crippen molar-refractivity contribution in [1.82, 2.24) is 0 Å². The van der Waals surface area contributed by atoms with Crippen LogP contribution in [0.3, 0.4) is 0 Å². The molecule has 9 heteroatoms. The van der Waals surface area contributed by atoms with E-state index in [0.717, 1.165) is 5.56 Å². The molecule has 1 amide bonds. The van der Waals surface area contributed by atoms with Crippen LogP contribution < -0.4 is 10.1 Å². The first-order chi connectivity index (χ1) is 12.3. The first kappa shape index (κ1) is 20.3. The summed E-state index contributed by atoms with van der Waals surface area (Å²) in [6.45, 7) is -1.78.